The Labute approximate surface area is 175 Å². The summed E-state index contributed by atoms with van der Waals surface area (Å²) in [7, 11) is 0. The van der Waals surface area contributed by atoms with E-state index in [0.717, 1.165) is 32.0 Å². The maximum atomic E-state index is 13.0. The summed E-state index contributed by atoms with van der Waals surface area (Å²) >= 11 is 0. The second-order valence-electron chi connectivity index (χ2n) is 9.78. The molecule has 1 aromatic carbocycles. The van der Waals surface area contributed by atoms with Crippen LogP contribution in [0.3, 0.4) is 0 Å². The third-order valence-corrected chi connectivity index (χ3v) is 7.58. The standard InChI is InChI=1S/C25H36N2O2/c1-20(28)22-8-10-23(11-9-22)24(29)27-17-14-25(19-27)13-5-15-26(18-25)16-12-21-6-3-2-4-7-21/h8-11,21H,2-7,12-19H2,1H3. The second-order valence-corrected chi connectivity index (χ2v) is 9.78. The first-order chi connectivity index (χ1) is 14.0. The Morgan fingerprint density at radius 1 is 0.931 bits per heavy atom. The lowest BCUT2D eigenvalue weighted by molar-refractivity contribution is 0.0674. The molecular weight excluding hydrogens is 360 g/mol. The molecule has 1 aromatic rings. The first-order valence-electron chi connectivity index (χ1n) is 11.7. The molecule has 29 heavy (non-hydrogen) atoms. The number of rotatable bonds is 5. The van der Waals surface area contributed by atoms with E-state index in [2.05, 4.69) is 4.90 Å². The van der Waals surface area contributed by atoms with Gasteiger partial charge in [-0.3, -0.25) is 9.59 Å². The SMILES string of the molecule is CC(=O)c1ccc(C(=O)N2CCC3(CCCN(CCC4CCCCC4)C3)C2)cc1. The first kappa shape index (κ1) is 20.6. The summed E-state index contributed by atoms with van der Waals surface area (Å²) in [6.07, 6.45) is 12.2. The monoisotopic (exact) mass is 396 g/mol. The predicted molar refractivity (Wildman–Crippen MR) is 116 cm³/mol. The van der Waals surface area contributed by atoms with Crippen LogP contribution in [0.1, 0.15) is 85.4 Å². The van der Waals surface area contributed by atoms with Crippen molar-refractivity contribution in [3.05, 3.63) is 35.4 Å². The molecule has 2 heterocycles. The molecule has 1 atom stereocenters. The predicted octanol–water partition coefficient (Wildman–Crippen LogP) is 4.79. The lowest BCUT2D eigenvalue weighted by Gasteiger charge is -2.41. The Hall–Kier alpha value is -1.68. The van der Waals surface area contributed by atoms with E-state index in [1.54, 1.807) is 31.2 Å². The molecule has 1 aliphatic carbocycles. The van der Waals surface area contributed by atoms with E-state index in [1.807, 2.05) is 4.90 Å². The quantitative estimate of drug-likeness (QED) is 0.672. The summed E-state index contributed by atoms with van der Waals surface area (Å²) in [6.45, 7) is 6.95. The average molecular weight is 397 g/mol. The molecule has 2 aliphatic heterocycles. The van der Waals surface area contributed by atoms with Gasteiger partial charge in [-0.1, -0.05) is 44.2 Å². The minimum atomic E-state index is 0.0413. The molecule has 1 spiro atoms. The van der Waals surface area contributed by atoms with Crippen molar-refractivity contribution in [2.45, 2.75) is 64.7 Å². The molecule has 158 valence electrons. The number of benzene rings is 1. The van der Waals surface area contributed by atoms with Crippen LogP contribution in [0.4, 0.5) is 0 Å². The molecule has 0 aromatic heterocycles. The van der Waals surface area contributed by atoms with E-state index in [-0.39, 0.29) is 11.7 Å². The highest BCUT2D eigenvalue weighted by molar-refractivity contribution is 5.97. The molecule has 1 amide bonds. The molecule has 4 heteroatoms. The summed E-state index contributed by atoms with van der Waals surface area (Å²) in [5.41, 5.74) is 1.66. The number of ketones is 1. The highest BCUT2D eigenvalue weighted by Gasteiger charge is 2.42. The zero-order valence-corrected chi connectivity index (χ0v) is 18.0. The number of amides is 1. The first-order valence-corrected chi connectivity index (χ1v) is 11.7. The van der Waals surface area contributed by atoms with Gasteiger partial charge in [0.2, 0.25) is 0 Å². The Morgan fingerprint density at radius 2 is 1.66 bits per heavy atom. The van der Waals surface area contributed by atoms with Crippen LogP contribution in [0.25, 0.3) is 0 Å². The van der Waals surface area contributed by atoms with Crippen LogP contribution in [0, 0.1) is 11.3 Å². The molecule has 3 fully saturated rings. The molecule has 3 aliphatic rings. The zero-order valence-electron chi connectivity index (χ0n) is 18.0. The minimum absolute atomic E-state index is 0.0413. The lowest BCUT2D eigenvalue weighted by atomic mass is 9.79. The van der Waals surface area contributed by atoms with Gasteiger partial charge in [0.1, 0.15) is 0 Å². The number of hydrogen-bond donors (Lipinski definition) is 0. The van der Waals surface area contributed by atoms with Crippen LogP contribution in [0.5, 0.6) is 0 Å². The van der Waals surface area contributed by atoms with Crippen LogP contribution < -0.4 is 0 Å². The summed E-state index contributed by atoms with van der Waals surface area (Å²) in [5.74, 6) is 1.11. The van der Waals surface area contributed by atoms with Gasteiger partial charge in [-0.25, -0.2) is 0 Å². The van der Waals surface area contributed by atoms with E-state index in [0.29, 0.717) is 16.5 Å². The molecule has 4 nitrogen and oxygen atoms in total. The van der Waals surface area contributed by atoms with Crippen LogP contribution in [0.15, 0.2) is 24.3 Å². The number of likely N-dealkylation sites (tertiary alicyclic amines) is 2. The normalized spacial score (nSPS) is 26.2. The van der Waals surface area contributed by atoms with Crippen molar-refractivity contribution in [2.75, 3.05) is 32.7 Å². The van der Waals surface area contributed by atoms with Crippen LogP contribution in [-0.4, -0.2) is 54.2 Å². The number of piperidine rings is 1. The minimum Gasteiger partial charge on any atom is -0.338 e. The smallest absolute Gasteiger partial charge is 0.253 e. The summed E-state index contributed by atoms with van der Waals surface area (Å²) < 4.78 is 0. The number of carbonyl (C=O) groups is 2. The van der Waals surface area contributed by atoms with Gasteiger partial charge in [-0.05, 0) is 63.7 Å². The number of nitrogens with zero attached hydrogens (tertiary/aromatic N) is 2. The maximum absolute atomic E-state index is 13.0. The molecule has 0 radical (unpaired) electrons. The van der Waals surface area contributed by atoms with Gasteiger partial charge in [-0.15, -0.1) is 0 Å². The van der Waals surface area contributed by atoms with Crippen LogP contribution in [0.2, 0.25) is 0 Å². The fourth-order valence-electron chi connectivity index (χ4n) is 5.81. The van der Waals surface area contributed by atoms with Gasteiger partial charge >= 0.3 is 0 Å². The van der Waals surface area contributed by atoms with Gasteiger partial charge in [0.25, 0.3) is 5.91 Å². The number of Topliss-reactive ketones (excluding diaryl/α,β-unsaturated/α-hetero) is 1. The van der Waals surface area contributed by atoms with Gasteiger partial charge in [0, 0.05) is 36.2 Å². The molecule has 4 rings (SSSR count). The Morgan fingerprint density at radius 3 is 2.38 bits per heavy atom. The second kappa shape index (κ2) is 8.99. The molecule has 0 N–H and O–H groups in total. The van der Waals surface area contributed by atoms with E-state index in [9.17, 15) is 9.59 Å². The maximum Gasteiger partial charge on any atom is 0.253 e. The number of carbonyl (C=O) groups excluding carboxylic acids is 2. The third-order valence-electron chi connectivity index (χ3n) is 7.58. The third kappa shape index (κ3) is 4.91. The van der Waals surface area contributed by atoms with Crippen LogP contribution in [-0.2, 0) is 0 Å². The van der Waals surface area contributed by atoms with Gasteiger partial charge in [-0.2, -0.15) is 0 Å². The molecule has 2 saturated heterocycles. The summed E-state index contributed by atoms with van der Waals surface area (Å²) in [5, 5.41) is 0. The largest absolute Gasteiger partial charge is 0.338 e. The van der Waals surface area contributed by atoms with E-state index in [4.69, 9.17) is 0 Å². The topological polar surface area (TPSA) is 40.6 Å². The fourth-order valence-corrected chi connectivity index (χ4v) is 5.81. The highest BCUT2D eigenvalue weighted by atomic mass is 16.2. The van der Waals surface area contributed by atoms with Crippen molar-refractivity contribution in [1.29, 1.82) is 0 Å². The van der Waals surface area contributed by atoms with E-state index >= 15 is 0 Å². The molecule has 1 saturated carbocycles. The lowest BCUT2D eigenvalue weighted by Crippen LogP contribution is -2.45. The fraction of sp³-hybridized carbons (Fsp3) is 0.680. The van der Waals surface area contributed by atoms with E-state index < -0.39 is 0 Å². The van der Waals surface area contributed by atoms with Crippen molar-refractivity contribution in [1.82, 2.24) is 9.80 Å². The average Bonchev–Trinajstić information content (AvgIpc) is 3.15. The Kier molecular flexibility index (Phi) is 6.38. The number of hydrogen-bond acceptors (Lipinski definition) is 3. The van der Waals surface area contributed by atoms with Crippen molar-refractivity contribution in [2.24, 2.45) is 11.3 Å². The Balaban J connectivity index is 1.32. The van der Waals surface area contributed by atoms with Crippen molar-refractivity contribution < 1.29 is 9.59 Å². The van der Waals surface area contributed by atoms with Crippen molar-refractivity contribution >= 4 is 11.7 Å². The Bertz CT molecular complexity index is 723. The zero-order chi connectivity index (χ0) is 20.3. The van der Waals surface area contributed by atoms with Gasteiger partial charge in [0.05, 0.1) is 0 Å². The van der Waals surface area contributed by atoms with Gasteiger partial charge in [0.15, 0.2) is 5.78 Å². The summed E-state index contributed by atoms with van der Waals surface area (Å²) in [4.78, 5) is 29.2. The van der Waals surface area contributed by atoms with Gasteiger partial charge < -0.3 is 9.80 Å². The molecule has 1 unspecified atom stereocenters. The van der Waals surface area contributed by atoms with E-state index in [1.165, 1.54) is 64.5 Å². The molecule has 0 bridgehead atoms. The summed E-state index contributed by atoms with van der Waals surface area (Å²) in [6, 6.07) is 7.16. The molecular formula is C25H36N2O2. The van der Waals surface area contributed by atoms with Crippen molar-refractivity contribution in [3.63, 3.8) is 0 Å². The highest BCUT2D eigenvalue weighted by Crippen LogP contribution is 2.40. The van der Waals surface area contributed by atoms with Crippen LogP contribution >= 0.6 is 0 Å². The van der Waals surface area contributed by atoms with Crippen molar-refractivity contribution in [3.8, 4) is 0 Å².